The van der Waals surface area contributed by atoms with Crippen molar-refractivity contribution in [3.05, 3.63) is 35.6 Å². The predicted octanol–water partition coefficient (Wildman–Crippen LogP) is 2.94. The number of hydrogen-bond acceptors (Lipinski definition) is 2. The molecule has 2 atom stereocenters. The van der Waals surface area contributed by atoms with Crippen molar-refractivity contribution in [3.63, 3.8) is 0 Å². The number of nitrogens with one attached hydrogen (secondary N) is 1. The molecule has 20 heavy (non-hydrogen) atoms. The fourth-order valence-electron chi connectivity index (χ4n) is 2.73. The number of amides is 1. The van der Waals surface area contributed by atoms with Crippen molar-refractivity contribution in [2.45, 2.75) is 51.2 Å². The summed E-state index contributed by atoms with van der Waals surface area (Å²) >= 11 is 0. The topological polar surface area (TPSA) is 49.3 Å². The Balaban J connectivity index is 1.91. The maximum absolute atomic E-state index is 12.9. The number of carbonyl (C=O) groups excluding carboxylic acids is 1. The Kier molecular flexibility index (Phi) is 5.12. The third-order valence-electron chi connectivity index (χ3n) is 4.03. The molecule has 2 unspecified atom stereocenters. The van der Waals surface area contributed by atoms with E-state index in [1.165, 1.54) is 18.6 Å². The highest BCUT2D eigenvalue weighted by Crippen LogP contribution is 2.24. The van der Waals surface area contributed by atoms with E-state index in [2.05, 4.69) is 5.32 Å². The highest BCUT2D eigenvalue weighted by molar-refractivity contribution is 5.79. The van der Waals surface area contributed by atoms with Gasteiger partial charge in [0.2, 0.25) is 5.91 Å². The van der Waals surface area contributed by atoms with Crippen LogP contribution in [0, 0.1) is 11.7 Å². The lowest BCUT2D eigenvalue weighted by Gasteiger charge is -2.25. The summed E-state index contributed by atoms with van der Waals surface area (Å²) in [6, 6.07) is 5.34. The van der Waals surface area contributed by atoms with E-state index in [0.29, 0.717) is 5.56 Å². The minimum atomic E-state index is -0.817. The van der Waals surface area contributed by atoms with Crippen LogP contribution in [0.4, 0.5) is 4.39 Å². The molecule has 1 fully saturated rings. The van der Waals surface area contributed by atoms with Crippen molar-refractivity contribution in [2.75, 3.05) is 0 Å². The normalized spacial score (nSPS) is 19.4. The first-order chi connectivity index (χ1) is 9.58. The molecule has 1 aromatic rings. The molecule has 2 rings (SSSR count). The quantitative estimate of drug-likeness (QED) is 0.890. The Morgan fingerprint density at radius 1 is 1.25 bits per heavy atom. The molecule has 0 heterocycles. The molecule has 0 aliphatic heterocycles. The molecule has 0 bridgehead atoms. The first-order valence-corrected chi connectivity index (χ1v) is 7.32. The van der Waals surface area contributed by atoms with Crippen LogP contribution in [0.2, 0.25) is 0 Å². The number of benzene rings is 1. The van der Waals surface area contributed by atoms with E-state index in [1.54, 1.807) is 19.1 Å². The van der Waals surface area contributed by atoms with Crippen molar-refractivity contribution in [3.8, 4) is 0 Å². The lowest BCUT2D eigenvalue weighted by Crippen LogP contribution is -2.41. The van der Waals surface area contributed by atoms with Crippen LogP contribution < -0.4 is 5.32 Å². The van der Waals surface area contributed by atoms with Crippen LogP contribution in [0.15, 0.2) is 24.3 Å². The van der Waals surface area contributed by atoms with Crippen LogP contribution in [0.3, 0.4) is 0 Å². The van der Waals surface area contributed by atoms with Gasteiger partial charge in [0.15, 0.2) is 0 Å². The Bertz CT molecular complexity index is 440. The fraction of sp³-hybridized carbons (Fsp3) is 0.562. The van der Waals surface area contributed by atoms with Gasteiger partial charge in [-0.25, -0.2) is 4.39 Å². The average molecular weight is 279 g/mol. The van der Waals surface area contributed by atoms with Crippen molar-refractivity contribution < 1.29 is 14.3 Å². The van der Waals surface area contributed by atoms with Crippen molar-refractivity contribution in [1.29, 1.82) is 0 Å². The minimum absolute atomic E-state index is 0.0263. The molecule has 4 heteroatoms. The molecule has 110 valence electrons. The second-order valence-electron chi connectivity index (χ2n) is 5.63. The summed E-state index contributed by atoms with van der Waals surface area (Å²) in [5.74, 6) is -0.232. The summed E-state index contributed by atoms with van der Waals surface area (Å²) < 4.78 is 12.9. The summed E-state index contributed by atoms with van der Waals surface area (Å²) in [5.41, 5.74) is 0.614. The molecule has 0 radical (unpaired) electrons. The van der Waals surface area contributed by atoms with Crippen LogP contribution >= 0.6 is 0 Å². The number of halogens is 1. The molecule has 3 nitrogen and oxygen atoms in total. The summed E-state index contributed by atoms with van der Waals surface area (Å²) in [5, 5.41) is 13.1. The smallest absolute Gasteiger partial charge is 0.223 e. The molecule has 1 aliphatic carbocycles. The van der Waals surface area contributed by atoms with Crippen LogP contribution in [0.1, 0.15) is 50.7 Å². The lowest BCUT2D eigenvalue weighted by atomic mass is 9.88. The lowest BCUT2D eigenvalue weighted by molar-refractivity contribution is -0.127. The second-order valence-corrected chi connectivity index (χ2v) is 5.63. The largest absolute Gasteiger partial charge is 0.386 e. The van der Waals surface area contributed by atoms with Gasteiger partial charge < -0.3 is 10.4 Å². The summed E-state index contributed by atoms with van der Waals surface area (Å²) in [4.78, 5) is 12.1. The van der Waals surface area contributed by atoms with Crippen LogP contribution in [-0.2, 0) is 4.79 Å². The number of carbonyl (C=O) groups is 1. The van der Waals surface area contributed by atoms with E-state index in [1.807, 2.05) is 0 Å². The zero-order chi connectivity index (χ0) is 14.5. The highest BCUT2D eigenvalue weighted by atomic mass is 19.1. The van der Waals surface area contributed by atoms with Crippen LogP contribution in [-0.4, -0.2) is 17.1 Å². The first kappa shape index (κ1) is 15.0. The zero-order valence-corrected chi connectivity index (χ0v) is 11.8. The van der Waals surface area contributed by atoms with Gasteiger partial charge in [-0.1, -0.05) is 31.4 Å². The molecule has 1 saturated carbocycles. The summed E-state index contributed by atoms with van der Waals surface area (Å²) in [6.45, 7) is 1.77. The van der Waals surface area contributed by atoms with E-state index in [9.17, 15) is 14.3 Å². The fourth-order valence-corrected chi connectivity index (χ4v) is 2.73. The van der Waals surface area contributed by atoms with Gasteiger partial charge in [0.25, 0.3) is 0 Å². The molecule has 2 N–H and O–H groups in total. The molecule has 1 aliphatic rings. The number of hydrogen-bond donors (Lipinski definition) is 2. The molecule has 0 spiro atoms. The molecular weight excluding hydrogens is 257 g/mol. The SMILES string of the molecule is CC(NC(=O)C1CCCCC1)C(O)c1ccc(F)cc1. The molecule has 0 aromatic heterocycles. The van der Waals surface area contributed by atoms with Gasteiger partial charge in [-0.05, 0) is 37.5 Å². The number of aliphatic hydroxyl groups excluding tert-OH is 1. The van der Waals surface area contributed by atoms with E-state index in [0.717, 1.165) is 25.7 Å². The van der Waals surface area contributed by atoms with E-state index in [-0.39, 0.29) is 23.7 Å². The molecule has 0 saturated heterocycles. The van der Waals surface area contributed by atoms with Crippen LogP contribution in [0.5, 0.6) is 0 Å². The van der Waals surface area contributed by atoms with E-state index >= 15 is 0 Å². The Hall–Kier alpha value is -1.42. The van der Waals surface area contributed by atoms with Gasteiger partial charge in [-0.3, -0.25) is 4.79 Å². The standard InChI is InChI=1S/C16H22FNO2/c1-11(15(19)12-7-9-14(17)10-8-12)18-16(20)13-5-3-2-4-6-13/h7-11,13,15,19H,2-6H2,1H3,(H,18,20). The maximum Gasteiger partial charge on any atom is 0.223 e. The third-order valence-corrected chi connectivity index (χ3v) is 4.03. The Morgan fingerprint density at radius 2 is 1.85 bits per heavy atom. The van der Waals surface area contributed by atoms with Gasteiger partial charge in [0, 0.05) is 5.92 Å². The van der Waals surface area contributed by atoms with E-state index in [4.69, 9.17) is 0 Å². The summed E-state index contributed by atoms with van der Waals surface area (Å²) in [7, 11) is 0. The number of aliphatic hydroxyl groups is 1. The monoisotopic (exact) mass is 279 g/mol. The third kappa shape index (κ3) is 3.79. The van der Waals surface area contributed by atoms with E-state index < -0.39 is 6.10 Å². The molecule has 1 amide bonds. The highest BCUT2D eigenvalue weighted by Gasteiger charge is 2.25. The van der Waals surface area contributed by atoms with Gasteiger partial charge in [-0.2, -0.15) is 0 Å². The van der Waals surface area contributed by atoms with Gasteiger partial charge in [-0.15, -0.1) is 0 Å². The second kappa shape index (κ2) is 6.84. The zero-order valence-electron chi connectivity index (χ0n) is 11.8. The van der Waals surface area contributed by atoms with Gasteiger partial charge >= 0.3 is 0 Å². The Morgan fingerprint density at radius 3 is 2.45 bits per heavy atom. The summed E-state index contributed by atoms with van der Waals surface area (Å²) in [6.07, 6.45) is 4.47. The van der Waals surface area contributed by atoms with Gasteiger partial charge in [0.05, 0.1) is 12.1 Å². The van der Waals surface area contributed by atoms with Gasteiger partial charge in [0.1, 0.15) is 5.82 Å². The average Bonchev–Trinajstić information content (AvgIpc) is 2.48. The molecule has 1 aromatic carbocycles. The minimum Gasteiger partial charge on any atom is -0.386 e. The van der Waals surface area contributed by atoms with Crippen LogP contribution in [0.25, 0.3) is 0 Å². The first-order valence-electron chi connectivity index (χ1n) is 7.32. The van der Waals surface area contributed by atoms with Crippen molar-refractivity contribution >= 4 is 5.91 Å². The Labute approximate surface area is 119 Å². The maximum atomic E-state index is 12.9. The number of rotatable bonds is 4. The van der Waals surface area contributed by atoms with Crippen molar-refractivity contribution in [1.82, 2.24) is 5.32 Å². The molecular formula is C16H22FNO2. The predicted molar refractivity (Wildman–Crippen MR) is 75.5 cm³/mol. The van der Waals surface area contributed by atoms with Crippen molar-refractivity contribution in [2.24, 2.45) is 5.92 Å².